The van der Waals surface area contributed by atoms with Gasteiger partial charge in [-0.15, -0.1) is 11.3 Å². The number of aryl methyl sites for hydroxylation is 1. The first-order chi connectivity index (χ1) is 11.8. The molecule has 2 aromatic heterocycles. The molecular weight excluding hydrogens is 320 g/mol. The number of thiazole rings is 1. The van der Waals surface area contributed by atoms with Crippen molar-refractivity contribution in [3.63, 3.8) is 0 Å². The Morgan fingerprint density at radius 2 is 2.12 bits per heavy atom. The number of benzene rings is 1. The molecule has 1 saturated heterocycles. The molecule has 0 aliphatic carbocycles. The first-order valence-electron chi connectivity index (χ1n) is 8.42. The van der Waals surface area contributed by atoms with E-state index >= 15 is 0 Å². The van der Waals surface area contributed by atoms with E-state index in [1.807, 2.05) is 30.3 Å². The fourth-order valence-electron chi connectivity index (χ4n) is 3.08. The molecule has 1 aliphatic rings. The summed E-state index contributed by atoms with van der Waals surface area (Å²) in [5.74, 6) is 1.73. The number of nitrogens with zero attached hydrogens (tertiary/aromatic N) is 4. The second-order valence-electron chi connectivity index (χ2n) is 6.08. The van der Waals surface area contributed by atoms with Gasteiger partial charge in [0.1, 0.15) is 0 Å². The van der Waals surface area contributed by atoms with Crippen molar-refractivity contribution in [3.8, 4) is 11.5 Å². The van der Waals surface area contributed by atoms with Crippen molar-refractivity contribution in [1.29, 1.82) is 0 Å². The maximum atomic E-state index is 5.45. The molecule has 124 valence electrons. The second kappa shape index (κ2) is 6.73. The minimum atomic E-state index is 0.461. The molecule has 0 saturated carbocycles. The van der Waals surface area contributed by atoms with Crippen LogP contribution in [0.4, 0.5) is 5.95 Å². The lowest BCUT2D eigenvalue weighted by Crippen LogP contribution is -2.35. The second-order valence-corrected chi connectivity index (χ2v) is 6.97. The summed E-state index contributed by atoms with van der Waals surface area (Å²) >= 11 is 1.78. The smallest absolute Gasteiger partial charge is 0.266 e. The lowest BCUT2D eigenvalue weighted by atomic mass is 9.99. The number of rotatable bonds is 4. The van der Waals surface area contributed by atoms with Gasteiger partial charge in [0.15, 0.2) is 0 Å². The number of aromatic nitrogens is 3. The van der Waals surface area contributed by atoms with Crippen molar-refractivity contribution < 1.29 is 4.52 Å². The number of piperidine rings is 1. The van der Waals surface area contributed by atoms with E-state index in [-0.39, 0.29) is 0 Å². The Balaban J connectivity index is 1.51. The van der Waals surface area contributed by atoms with E-state index in [1.54, 1.807) is 11.3 Å². The van der Waals surface area contributed by atoms with Crippen molar-refractivity contribution in [2.24, 2.45) is 0 Å². The van der Waals surface area contributed by atoms with Gasteiger partial charge in [-0.1, -0.05) is 25.1 Å². The van der Waals surface area contributed by atoms with Crippen LogP contribution >= 0.6 is 11.3 Å². The van der Waals surface area contributed by atoms with Gasteiger partial charge in [0.25, 0.3) is 11.8 Å². The third-order valence-electron chi connectivity index (χ3n) is 4.42. The van der Waals surface area contributed by atoms with Crippen LogP contribution in [-0.4, -0.2) is 28.2 Å². The summed E-state index contributed by atoms with van der Waals surface area (Å²) in [4.78, 5) is 11.6. The molecule has 0 radical (unpaired) electrons. The van der Waals surface area contributed by atoms with Crippen LogP contribution in [0.2, 0.25) is 0 Å². The van der Waals surface area contributed by atoms with Crippen LogP contribution in [0.15, 0.2) is 40.2 Å². The lowest BCUT2D eigenvalue weighted by Gasteiger charge is -2.30. The zero-order chi connectivity index (χ0) is 16.4. The molecule has 4 rings (SSSR count). The Bertz CT molecular complexity index is 798. The van der Waals surface area contributed by atoms with Gasteiger partial charge in [-0.25, -0.2) is 4.98 Å². The molecule has 1 aromatic carbocycles. The zero-order valence-electron chi connectivity index (χ0n) is 13.7. The van der Waals surface area contributed by atoms with Crippen LogP contribution in [-0.2, 0) is 6.42 Å². The van der Waals surface area contributed by atoms with Crippen LogP contribution in [0.1, 0.15) is 36.4 Å². The summed E-state index contributed by atoms with van der Waals surface area (Å²) < 4.78 is 5.45. The highest BCUT2D eigenvalue weighted by Gasteiger charge is 2.26. The van der Waals surface area contributed by atoms with Crippen LogP contribution in [0.3, 0.4) is 0 Å². The monoisotopic (exact) mass is 340 g/mol. The van der Waals surface area contributed by atoms with E-state index in [0.29, 0.717) is 17.8 Å². The van der Waals surface area contributed by atoms with Crippen LogP contribution in [0.5, 0.6) is 0 Å². The fourth-order valence-corrected chi connectivity index (χ4v) is 4.11. The molecule has 3 aromatic rings. The van der Waals surface area contributed by atoms with Gasteiger partial charge < -0.3 is 9.42 Å². The topological polar surface area (TPSA) is 55.1 Å². The predicted molar refractivity (Wildman–Crippen MR) is 95.4 cm³/mol. The Hall–Kier alpha value is -2.21. The molecule has 1 unspecified atom stereocenters. The molecule has 5 nitrogen and oxygen atoms in total. The molecule has 0 amide bonds. The largest absolute Gasteiger partial charge is 0.337 e. The quantitative estimate of drug-likeness (QED) is 0.714. The van der Waals surface area contributed by atoms with Gasteiger partial charge in [-0.3, -0.25) is 0 Å². The summed E-state index contributed by atoms with van der Waals surface area (Å²) in [6.45, 7) is 4.02. The Morgan fingerprint density at radius 3 is 2.92 bits per heavy atom. The van der Waals surface area contributed by atoms with Crippen LogP contribution in [0, 0.1) is 0 Å². The molecule has 6 heteroatoms. The Labute approximate surface area is 145 Å². The first kappa shape index (κ1) is 15.3. The molecule has 1 fully saturated rings. The van der Waals surface area contributed by atoms with Gasteiger partial charge in [0.2, 0.25) is 0 Å². The summed E-state index contributed by atoms with van der Waals surface area (Å²) in [6.07, 6.45) is 3.30. The van der Waals surface area contributed by atoms with Crippen molar-refractivity contribution in [2.45, 2.75) is 32.1 Å². The highest BCUT2D eigenvalue weighted by Crippen LogP contribution is 2.31. The molecule has 24 heavy (non-hydrogen) atoms. The van der Waals surface area contributed by atoms with Gasteiger partial charge >= 0.3 is 0 Å². The molecule has 0 N–H and O–H groups in total. The Morgan fingerprint density at radius 1 is 1.25 bits per heavy atom. The molecule has 1 aliphatic heterocycles. The van der Waals surface area contributed by atoms with Gasteiger partial charge in [0, 0.05) is 30.0 Å². The van der Waals surface area contributed by atoms with E-state index in [4.69, 9.17) is 9.51 Å². The maximum absolute atomic E-state index is 5.45. The van der Waals surface area contributed by atoms with Crippen molar-refractivity contribution in [1.82, 2.24) is 15.1 Å². The van der Waals surface area contributed by atoms with Crippen LogP contribution in [0.25, 0.3) is 11.5 Å². The van der Waals surface area contributed by atoms with Gasteiger partial charge in [-0.2, -0.15) is 4.98 Å². The highest BCUT2D eigenvalue weighted by molar-refractivity contribution is 7.09. The van der Waals surface area contributed by atoms with E-state index in [2.05, 4.69) is 27.3 Å². The van der Waals surface area contributed by atoms with E-state index in [0.717, 1.165) is 31.5 Å². The summed E-state index contributed by atoms with van der Waals surface area (Å²) in [5.41, 5.74) is 2.15. The third-order valence-corrected chi connectivity index (χ3v) is 5.48. The predicted octanol–water partition coefficient (Wildman–Crippen LogP) is 4.14. The molecule has 0 bridgehead atoms. The highest BCUT2D eigenvalue weighted by atomic mass is 32.1. The third kappa shape index (κ3) is 3.06. The maximum Gasteiger partial charge on any atom is 0.266 e. The molecule has 1 atom stereocenters. The van der Waals surface area contributed by atoms with E-state index < -0.39 is 0 Å². The lowest BCUT2D eigenvalue weighted by molar-refractivity contribution is 0.423. The summed E-state index contributed by atoms with van der Waals surface area (Å²) in [5, 5.41) is 7.60. The van der Waals surface area contributed by atoms with Crippen molar-refractivity contribution in [3.05, 3.63) is 46.4 Å². The Kier molecular flexibility index (Phi) is 4.30. The van der Waals surface area contributed by atoms with Crippen molar-refractivity contribution >= 4 is 17.3 Å². The fraction of sp³-hybridized carbons (Fsp3) is 0.389. The summed E-state index contributed by atoms with van der Waals surface area (Å²) in [6, 6.07) is 9.90. The zero-order valence-corrected chi connectivity index (χ0v) is 14.5. The van der Waals surface area contributed by atoms with Gasteiger partial charge in [-0.05, 0) is 36.6 Å². The summed E-state index contributed by atoms with van der Waals surface area (Å²) in [7, 11) is 0. The minimum Gasteiger partial charge on any atom is -0.337 e. The number of hydrogen-bond acceptors (Lipinski definition) is 6. The van der Waals surface area contributed by atoms with E-state index in [9.17, 15) is 0 Å². The molecule has 3 heterocycles. The standard InChI is InChI=1S/C18H20N4OS/c1-2-15-12-24-17(19-15)14-9-6-10-22(11-14)18-20-16(23-21-18)13-7-4-3-5-8-13/h3-5,7-8,12,14H,2,6,9-11H2,1H3. The first-order valence-corrected chi connectivity index (χ1v) is 9.30. The molecule has 0 spiro atoms. The van der Waals surface area contributed by atoms with Gasteiger partial charge in [0.05, 0.1) is 10.7 Å². The average Bonchev–Trinajstić information content (AvgIpc) is 3.32. The van der Waals surface area contributed by atoms with Crippen molar-refractivity contribution in [2.75, 3.05) is 18.0 Å². The number of hydrogen-bond donors (Lipinski definition) is 0. The minimum absolute atomic E-state index is 0.461. The van der Waals surface area contributed by atoms with Crippen LogP contribution < -0.4 is 4.90 Å². The molecular formula is C18H20N4OS. The SMILES string of the molecule is CCc1csc(C2CCCN(c3noc(-c4ccccc4)n3)C2)n1. The average molecular weight is 340 g/mol. The number of anilines is 1. The van der Waals surface area contributed by atoms with E-state index in [1.165, 1.54) is 17.1 Å². The normalized spacial score (nSPS) is 18.0.